The molecule has 174 valence electrons. The van der Waals surface area contributed by atoms with Crippen molar-refractivity contribution in [1.29, 1.82) is 0 Å². The van der Waals surface area contributed by atoms with E-state index in [2.05, 4.69) is 25.3 Å². The second-order valence-corrected chi connectivity index (χ2v) is 11.8. The van der Waals surface area contributed by atoms with Gasteiger partial charge in [-0.3, -0.25) is 19.3 Å². The Morgan fingerprint density at radius 1 is 1.19 bits per heavy atom. The van der Waals surface area contributed by atoms with Crippen LogP contribution in [0.15, 0.2) is 12.2 Å². The molecule has 0 N–H and O–H groups in total. The van der Waals surface area contributed by atoms with Crippen LogP contribution >= 0.6 is 0 Å². The van der Waals surface area contributed by atoms with Crippen LogP contribution in [0.4, 0.5) is 0 Å². The molecule has 6 aliphatic rings. The molecular weight excluding hydrogens is 406 g/mol. The van der Waals surface area contributed by atoms with E-state index in [1.54, 1.807) is 0 Å². The van der Waals surface area contributed by atoms with Crippen LogP contribution in [0.25, 0.3) is 0 Å². The van der Waals surface area contributed by atoms with Crippen LogP contribution in [0.2, 0.25) is 0 Å². The van der Waals surface area contributed by atoms with E-state index in [4.69, 9.17) is 9.47 Å². The van der Waals surface area contributed by atoms with Crippen LogP contribution in [-0.4, -0.2) is 54.0 Å². The van der Waals surface area contributed by atoms with E-state index in [0.717, 1.165) is 44.3 Å². The molecule has 1 saturated heterocycles. The predicted octanol–water partition coefficient (Wildman–Crippen LogP) is 3.14. The lowest BCUT2D eigenvalue weighted by Crippen LogP contribution is -2.69. The first-order valence-corrected chi connectivity index (χ1v) is 12.4. The van der Waals surface area contributed by atoms with Crippen molar-refractivity contribution >= 4 is 17.7 Å². The molecule has 0 unspecified atom stereocenters. The maximum Gasteiger partial charge on any atom is 0.303 e. The van der Waals surface area contributed by atoms with Crippen molar-refractivity contribution in [3.8, 4) is 0 Å². The van der Waals surface area contributed by atoms with E-state index in [-0.39, 0.29) is 57.9 Å². The summed E-state index contributed by atoms with van der Waals surface area (Å²) in [4.78, 5) is 40.5. The Morgan fingerprint density at radius 3 is 2.56 bits per heavy atom. The summed E-state index contributed by atoms with van der Waals surface area (Å²) in [7, 11) is 0. The minimum absolute atomic E-state index is 0.0643. The Bertz CT molecular complexity index is 945. The summed E-state index contributed by atoms with van der Waals surface area (Å²) < 4.78 is 12.2. The highest BCUT2D eigenvalue weighted by molar-refractivity contribution is 5.87. The second-order valence-electron chi connectivity index (χ2n) is 11.8. The molecule has 5 saturated carbocycles. The quantitative estimate of drug-likeness (QED) is 0.495. The predicted molar refractivity (Wildman–Crippen MR) is 116 cm³/mol. The number of piperidine rings is 1. The second kappa shape index (κ2) is 6.25. The summed E-state index contributed by atoms with van der Waals surface area (Å²) in [6.45, 7) is 13.9. The highest BCUT2D eigenvalue weighted by atomic mass is 16.5. The van der Waals surface area contributed by atoms with Gasteiger partial charge in [0, 0.05) is 49.6 Å². The topological polar surface area (TPSA) is 72.9 Å². The molecule has 0 aromatic heterocycles. The lowest BCUT2D eigenvalue weighted by Gasteiger charge is -2.65. The summed E-state index contributed by atoms with van der Waals surface area (Å²) in [5.41, 5.74) is 0.446. The average Bonchev–Trinajstić information content (AvgIpc) is 3.24. The van der Waals surface area contributed by atoms with Crippen LogP contribution in [0, 0.1) is 39.9 Å². The fourth-order valence-corrected chi connectivity index (χ4v) is 10.4. The Kier molecular flexibility index (Phi) is 4.08. The van der Waals surface area contributed by atoms with E-state index >= 15 is 0 Å². The van der Waals surface area contributed by atoms with Crippen molar-refractivity contribution in [2.45, 2.75) is 78.0 Å². The standard InChI is InChI=1S/C26H35NO5/c1-6-27-12-24(5)8-7-21(31-14(3)28)26-19(24)9-17(22(26)27)25-11-16(18(30)10-20(25)26)13(2)23(25)32-15(4)29/h16-17,19-23H,2,6-12H2,1,3-5H3/t16-,17+,19+,20+,21-,22+,23+,24-,25-,26-/m0/s1. The molecule has 1 heterocycles. The maximum absolute atomic E-state index is 13.4. The minimum atomic E-state index is -0.405. The normalized spacial score (nSPS) is 52.7. The van der Waals surface area contributed by atoms with Crippen molar-refractivity contribution < 1.29 is 23.9 Å². The van der Waals surface area contributed by atoms with Gasteiger partial charge in [0.2, 0.25) is 0 Å². The fraction of sp³-hybridized carbons (Fsp3) is 0.808. The number of esters is 2. The van der Waals surface area contributed by atoms with Gasteiger partial charge < -0.3 is 9.47 Å². The molecule has 6 rings (SSSR count). The summed E-state index contributed by atoms with van der Waals surface area (Å²) >= 11 is 0. The molecule has 0 aromatic rings. The van der Waals surface area contributed by atoms with Crippen molar-refractivity contribution in [2.24, 2.45) is 39.9 Å². The number of hydrogen-bond donors (Lipinski definition) is 0. The zero-order valence-corrected chi connectivity index (χ0v) is 19.7. The van der Waals surface area contributed by atoms with E-state index < -0.39 is 6.10 Å². The van der Waals surface area contributed by atoms with E-state index in [0.29, 0.717) is 18.3 Å². The highest BCUT2D eigenvalue weighted by Gasteiger charge is 2.86. The zero-order chi connectivity index (χ0) is 22.8. The number of likely N-dealkylation sites (tertiary alicyclic amines) is 1. The third kappa shape index (κ3) is 2.10. The largest absolute Gasteiger partial charge is 0.462 e. The number of Topliss-reactive ketones (excluding diaryl/α,β-unsaturated/α-hetero) is 1. The average molecular weight is 442 g/mol. The minimum Gasteiger partial charge on any atom is -0.462 e. The molecule has 5 aliphatic carbocycles. The highest BCUT2D eigenvalue weighted by Crippen LogP contribution is 2.83. The third-order valence-corrected chi connectivity index (χ3v) is 10.9. The fourth-order valence-electron chi connectivity index (χ4n) is 10.4. The first-order valence-electron chi connectivity index (χ1n) is 12.4. The molecule has 0 amide bonds. The van der Waals surface area contributed by atoms with Crippen LogP contribution < -0.4 is 0 Å². The van der Waals surface area contributed by atoms with Gasteiger partial charge in [0.05, 0.1) is 0 Å². The van der Waals surface area contributed by atoms with Gasteiger partial charge in [-0.2, -0.15) is 0 Å². The molecule has 7 bridgehead atoms. The van der Waals surface area contributed by atoms with Gasteiger partial charge in [0.1, 0.15) is 18.0 Å². The molecule has 10 atom stereocenters. The van der Waals surface area contributed by atoms with Gasteiger partial charge in [-0.05, 0) is 61.0 Å². The Hall–Kier alpha value is -1.69. The van der Waals surface area contributed by atoms with Crippen LogP contribution in [0.1, 0.15) is 59.8 Å². The molecule has 2 spiro atoms. The first-order chi connectivity index (χ1) is 15.1. The van der Waals surface area contributed by atoms with E-state index in [9.17, 15) is 14.4 Å². The summed E-state index contributed by atoms with van der Waals surface area (Å²) in [6.07, 6.45) is 3.62. The van der Waals surface area contributed by atoms with Crippen molar-refractivity contribution in [3.63, 3.8) is 0 Å². The molecule has 32 heavy (non-hydrogen) atoms. The summed E-state index contributed by atoms with van der Waals surface area (Å²) in [5.74, 6) is 0.322. The van der Waals surface area contributed by atoms with Crippen molar-refractivity contribution in [2.75, 3.05) is 13.1 Å². The number of carbonyl (C=O) groups is 3. The van der Waals surface area contributed by atoms with Gasteiger partial charge in [0.25, 0.3) is 0 Å². The number of rotatable bonds is 3. The smallest absolute Gasteiger partial charge is 0.303 e. The first kappa shape index (κ1) is 20.9. The molecule has 6 fully saturated rings. The SMILES string of the molecule is C=C1[C@@H]2C[C@]3([C@@H]1OC(C)=O)[C@@H]1C[C@@H]4[C@@]5(C)CC[C@H](OC(C)=O)[C@]4([C@@H]3CC2=O)[C@@H]1N(CC)C5. The number of ether oxygens (including phenoxy) is 2. The van der Waals surface area contributed by atoms with Crippen LogP contribution in [0.5, 0.6) is 0 Å². The van der Waals surface area contributed by atoms with Gasteiger partial charge in [-0.15, -0.1) is 0 Å². The lowest BCUT2D eigenvalue weighted by molar-refractivity contribution is -0.224. The van der Waals surface area contributed by atoms with Crippen molar-refractivity contribution in [3.05, 3.63) is 12.2 Å². The molecule has 1 aliphatic heterocycles. The Labute approximate surface area is 190 Å². The monoisotopic (exact) mass is 441 g/mol. The molecule has 0 radical (unpaired) electrons. The van der Waals surface area contributed by atoms with Crippen LogP contribution in [0.3, 0.4) is 0 Å². The number of ketones is 1. The molecular formula is C26H35NO5. The third-order valence-electron chi connectivity index (χ3n) is 10.9. The molecule has 6 heteroatoms. The van der Waals surface area contributed by atoms with Gasteiger partial charge >= 0.3 is 11.9 Å². The lowest BCUT2D eigenvalue weighted by atomic mass is 9.43. The van der Waals surface area contributed by atoms with Gasteiger partial charge in [-0.25, -0.2) is 0 Å². The zero-order valence-electron chi connectivity index (χ0n) is 19.7. The van der Waals surface area contributed by atoms with E-state index in [1.165, 1.54) is 13.8 Å². The number of nitrogens with zero attached hydrogens (tertiary/aromatic N) is 1. The van der Waals surface area contributed by atoms with Crippen LogP contribution in [-0.2, 0) is 23.9 Å². The Balaban J connectivity index is 1.59. The number of hydrogen-bond acceptors (Lipinski definition) is 6. The van der Waals surface area contributed by atoms with E-state index in [1.807, 2.05) is 0 Å². The van der Waals surface area contributed by atoms with Gasteiger partial charge in [0.15, 0.2) is 0 Å². The van der Waals surface area contributed by atoms with Crippen molar-refractivity contribution in [1.82, 2.24) is 4.90 Å². The summed E-state index contributed by atoms with van der Waals surface area (Å²) in [5, 5.41) is 0. The number of carbonyl (C=O) groups excluding carboxylic acids is 3. The summed E-state index contributed by atoms with van der Waals surface area (Å²) in [6, 6.07) is 0.260. The van der Waals surface area contributed by atoms with Gasteiger partial charge in [-0.1, -0.05) is 20.4 Å². The maximum atomic E-state index is 13.4. The Morgan fingerprint density at radius 2 is 1.91 bits per heavy atom. The molecule has 0 aromatic carbocycles. The number of fused-ring (bicyclic) bond motifs is 1. The molecule has 6 nitrogen and oxygen atoms in total.